The lowest BCUT2D eigenvalue weighted by molar-refractivity contribution is -0.142. The predicted octanol–water partition coefficient (Wildman–Crippen LogP) is 0.153. The van der Waals surface area contributed by atoms with Gasteiger partial charge in [0.05, 0.1) is 7.11 Å². The Kier molecular flexibility index (Phi) is 2.11. The summed E-state index contributed by atoms with van der Waals surface area (Å²) in [7, 11) is 1.30. The molecule has 0 N–H and O–H groups in total. The molecular formula is C5H6ClNO3. The van der Waals surface area contributed by atoms with Crippen molar-refractivity contribution in [2.45, 2.75) is 6.04 Å². The first-order valence-corrected chi connectivity index (χ1v) is 3.05. The van der Waals surface area contributed by atoms with Gasteiger partial charge in [0.1, 0.15) is 6.61 Å². The number of aliphatic imine (C=N–C) groups is 1. The Morgan fingerprint density at radius 2 is 2.70 bits per heavy atom. The molecule has 0 spiro atoms. The fourth-order valence-corrected chi connectivity index (χ4v) is 0.782. The van der Waals surface area contributed by atoms with Crippen molar-refractivity contribution in [2.24, 2.45) is 4.99 Å². The molecule has 0 radical (unpaired) electrons. The van der Waals surface area contributed by atoms with Gasteiger partial charge < -0.3 is 9.47 Å². The molecule has 0 aliphatic carbocycles. The third-order valence-corrected chi connectivity index (χ3v) is 1.30. The molecule has 4 nitrogen and oxygen atoms in total. The van der Waals surface area contributed by atoms with E-state index >= 15 is 0 Å². The summed E-state index contributed by atoms with van der Waals surface area (Å²) in [4.78, 5) is 14.3. The van der Waals surface area contributed by atoms with Crippen molar-refractivity contribution < 1.29 is 14.3 Å². The van der Waals surface area contributed by atoms with Gasteiger partial charge in [-0.3, -0.25) is 0 Å². The first kappa shape index (κ1) is 7.34. The molecule has 1 unspecified atom stereocenters. The van der Waals surface area contributed by atoms with E-state index in [1.165, 1.54) is 7.11 Å². The molecule has 0 bridgehead atoms. The number of hydrogen-bond donors (Lipinski definition) is 0. The topological polar surface area (TPSA) is 47.9 Å². The zero-order valence-electron chi connectivity index (χ0n) is 5.33. The van der Waals surface area contributed by atoms with Crippen molar-refractivity contribution in [1.82, 2.24) is 0 Å². The maximum Gasteiger partial charge on any atom is 0.334 e. The smallest absolute Gasteiger partial charge is 0.334 e. The second-order valence-electron chi connectivity index (χ2n) is 1.73. The second kappa shape index (κ2) is 2.88. The number of hydrogen-bond acceptors (Lipinski definition) is 4. The quantitative estimate of drug-likeness (QED) is 0.517. The molecule has 1 atom stereocenters. The summed E-state index contributed by atoms with van der Waals surface area (Å²) in [6.07, 6.45) is 0. The van der Waals surface area contributed by atoms with Crippen molar-refractivity contribution >= 4 is 22.9 Å². The molecule has 1 aliphatic heterocycles. The van der Waals surface area contributed by atoms with Crippen LogP contribution in [-0.2, 0) is 14.3 Å². The molecule has 1 aliphatic rings. The number of carbonyl (C=O) groups excluding carboxylic acids is 1. The van der Waals surface area contributed by atoms with Crippen LogP contribution < -0.4 is 0 Å². The fourth-order valence-electron chi connectivity index (χ4n) is 0.602. The highest BCUT2D eigenvalue weighted by atomic mass is 35.5. The average molecular weight is 164 g/mol. The minimum absolute atomic E-state index is 0.0235. The average Bonchev–Trinajstić information content (AvgIpc) is 2.34. The van der Waals surface area contributed by atoms with Gasteiger partial charge >= 0.3 is 5.97 Å². The van der Waals surface area contributed by atoms with Crippen molar-refractivity contribution in [1.29, 1.82) is 0 Å². The fraction of sp³-hybridized carbons (Fsp3) is 0.600. The van der Waals surface area contributed by atoms with Crippen LogP contribution in [0.15, 0.2) is 4.99 Å². The molecule has 0 aromatic carbocycles. The minimum atomic E-state index is -0.572. The number of halogens is 1. The van der Waals surface area contributed by atoms with Gasteiger partial charge in [-0.25, -0.2) is 9.79 Å². The summed E-state index contributed by atoms with van der Waals surface area (Å²) in [5.41, 5.74) is 0. The molecule has 0 saturated carbocycles. The molecule has 0 aromatic rings. The highest BCUT2D eigenvalue weighted by molar-refractivity contribution is 6.63. The lowest BCUT2D eigenvalue weighted by Crippen LogP contribution is -2.21. The van der Waals surface area contributed by atoms with Gasteiger partial charge in [-0.1, -0.05) is 0 Å². The summed E-state index contributed by atoms with van der Waals surface area (Å²) < 4.78 is 9.10. The van der Waals surface area contributed by atoms with E-state index in [2.05, 4.69) is 9.73 Å². The van der Waals surface area contributed by atoms with Crippen LogP contribution >= 0.6 is 11.6 Å². The maximum atomic E-state index is 10.7. The summed E-state index contributed by atoms with van der Waals surface area (Å²) in [6, 6.07) is -0.572. The predicted molar refractivity (Wildman–Crippen MR) is 35.0 cm³/mol. The number of methoxy groups -OCH3 is 1. The van der Waals surface area contributed by atoms with E-state index < -0.39 is 12.0 Å². The normalized spacial score (nSPS) is 23.4. The summed E-state index contributed by atoms with van der Waals surface area (Å²) >= 11 is 5.33. The monoisotopic (exact) mass is 163 g/mol. The van der Waals surface area contributed by atoms with Gasteiger partial charge in [0.15, 0.2) is 6.04 Å². The van der Waals surface area contributed by atoms with Crippen molar-refractivity contribution in [2.75, 3.05) is 13.7 Å². The Balaban J connectivity index is 2.52. The second-order valence-corrected chi connectivity index (χ2v) is 2.06. The summed E-state index contributed by atoms with van der Waals surface area (Å²) in [5, 5.41) is 0.0235. The molecule has 0 saturated heterocycles. The third kappa shape index (κ3) is 1.39. The lowest BCUT2D eigenvalue weighted by atomic mass is 10.3. The van der Waals surface area contributed by atoms with E-state index in [1.54, 1.807) is 0 Å². The van der Waals surface area contributed by atoms with Crippen LogP contribution in [0.1, 0.15) is 0 Å². The van der Waals surface area contributed by atoms with Crippen LogP contribution in [0.5, 0.6) is 0 Å². The standard InChI is InChI=1S/C5H6ClNO3/c1-9-4(8)3-2-10-5(6)7-3/h3H,2H2,1H3. The van der Waals surface area contributed by atoms with Gasteiger partial charge in [0, 0.05) is 0 Å². The van der Waals surface area contributed by atoms with E-state index in [9.17, 15) is 4.79 Å². The Labute approximate surface area is 62.8 Å². The Morgan fingerprint density at radius 1 is 2.00 bits per heavy atom. The van der Waals surface area contributed by atoms with Gasteiger partial charge in [-0.05, 0) is 11.6 Å². The zero-order chi connectivity index (χ0) is 7.56. The Hall–Kier alpha value is -0.770. The summed E-state index contributed by atoms with van der Waals surface area (Å²) in [6.45, 7) is 0.186. The largest absolute Gasteiger partial charge is 0.467 e. The third-order valence-electron chi connectivity index (χ3n) is 1.09. The molecule has 0 amide bonds. The Bertz CT molecular complexity index is 180. The molecule has 5 heteroatoms. The first-order valence-electron chi connectivity index (χ1n) is 2.68. The van der Waals surface area contributed by atoms with Crippen LogP contribution in [0.4, 0.5) is 0 Å². The van der Waals surface area contributed by atoms with Crippen LogP contribution in [0.2, 0.25) is 0 Å². The van der Waals surface area contributed by atoms with Crippen molar-refractivity contribution in [3.63, 3.8) is 0 Å². The minimum Gasteiger partial charge on any atom is -0.467 e. The molecule has 0 fully saturated rings. The maximum absolute atomic E-state index is 10.7. The molecule has 1 heterocycles. The van der Waals surface area contributed by atoms with E-state index in [0.717, 1.165) is 0 Å². The molecular weight excluding hydrogens is 158 g/mol. The number of esters is 1. The van der Waals surface area contributed by atoms with Gasteiger partial charge in [-0.15, -0.1) is 0 Å². The lowest BCUT2D eigenvalue weighted by Gasteiger charge is -1.99. The van der Waals surface area contributed by atoms with Gasteiger partial charge in [-0.2, -0.15) is 0 Å². The molecule has 1 rings (SSSR count). The number of carbonyl (C=O) groups is 1. The van der Waals surface area contributed by atoms with Crippen molar-refractivity contribution in [3.8, 4) is 0 Å². The first-order chi connectivity index (χ1) is 4.74. The Morgan fingerprint density at radius 3 is 3.10 bits per heavy atom. The molecule has 56 valence electrons. The van der Waals surface area contributed by atoms with Gasteiger partial charge in [0.2, 0.25) is 0 Å². The number of ether oxygens (including phenoxy) is 2. The van der Waals surface area contributed by atoms with Crippen molar-refractivity contribution in [3.05, 3.63) is 0 Å². The van der Waals surface area contributed by atoms with Gasteiger partial charge in [0.25, 0.3) is 5.36 Å². The van der Waals surface area contributed by atoms with E-state index in [0.29, 0.717) is 0 Å². The zero-order valence-corrected chi connectivity index (χ0v) is 6.09. The number of nitrogens with zero attached hydrogens (tertiary/aromatic N) is 1. The van der Waals surface area contributed by atoms with Crippen LogP contribution in [0.25, 0.3) is 0 Å². The van der Waals surface area contributed by atoms with Crippen LogP contribution in [-0.4, -0.2) is 31.1 Å². The van der Waals surface area contributed by atoms with Crippen LogP contribution in [0.3, 0.4) is 0 Å². The van der Waals surface area contributed by atoms with E-state index in [4.69, 9.17) is 16.3 Å². The number of rotatable bonds is 1. The highest BCUT2D eigenvalue weighted by Gasteiger charge is 2.25. The van der Waals surface area contributed by atoms with E-state index in [1.807, 2.05) is 0 Å². The van der Waals surface area contributed by atoms with Crippen LogP contribution in [0, 0.1) is 0 Å². The highest BCUT2D eigenvalue weighted by Crippen LogP contribution is 2.07. The molecule has 0 aromatic heterocycles. The SMILES string of the molecule is COC(=O)C1COC(Cl)=N1. The summed E-state index contributed by atoms with van der Waals surface area (Å²) in [5.74, 6) is -0.421. The molecule has 10 heavy (non-hydrogen) atoms. The van der Waals surface area contributed by atoms with E-state index in [-0.39, 0.29) is 12.0 Å².